The minimum atomic E-state index is -0.149. The first-order chi connectivity index (χ1) is 16.1. The van der Waals surface area contributed by atoms with Crippen molar-refractivity contribution in [3.05, 3.63) is 75.7 Å². The van der Waals surface area contributed by atoms with Crippen LogP contribution in [0.1, 0.15) is 25.0 Å². The van der Waals surface area contributed by atoms with E-state index in [1.54, 1.807) is 24.3 Å². The molecule has 0 bridgehead atoms. The lowest BCUT2D eigenvalue weighted by molar-refractivity contribution is -0.113. The van der Waals surface area contributed by atoms with Crippen LogP contribution < -0.4 is 10.9 Å². The number of fused-ring (bicyclic) bond motifs is 3. The van der Waals surface area contributed by atoms with E-state index in [9.17, 15) is 9.59 Å². The van der Waals surface area contributed by atoms with Gasteiger partial charge in [-0.25, -0.2) is 4.98 Å². The van der Waals surface area contributed by atoms with Gasteiger partial charge in [-0.2, -0.15) is 4.68 Å². The quantitative estimate of drug-likeness (QED) is 0.333. The molecule has 3 aliphatic rings. The Morgan fingerprint density at radius 1 is 1.09 bits per heavy atom. The van der Waals surface area contributed by atoms with Crippen molar-refractivity contribution in [3.63, 3.8) is 0 Å². The number of para-hydroxylation sites is 1. The summed E-state index contributed by atoms with van der Waals surface area (Å²) in [6.07, 6.45) is 3.89. The topological polar surface area (TPSA) is 81.8 Å². The third kappa shape index (κ3) is 4.54. The number of anilines is 1. The van der Waals surface area contributed by atoms with Gasteiger partial charge in [0.25, 0.3) is 5.56 Å². The van der Waals surface area contributed by atoms with E-state index in [0.29, 0.717) is 32.9 Å². The number of rotatable bonds is 5. The fourth-order valence-corrected chi connectivity index (χ4v) is 5.13. The summed E-state index contributed by atoms with van der Waals surface area (Å²) in [4.78, 5) is 30.6. The molecule has 0 unspecified atom stereocenters. The van der Waals surface area contributed by atoms with Crippen molar-refractivity contribution in [2.45, 2.75) is 37.4 Å². The van der Waals surface area contributed by atoms with E-state index in [0.717, 1.165) is 37.9 Å². The number of benzene rings is 2. The van der Waals surface area contributed by atoms with Crippen LogP contribution in [0.15, 0.2) is 64.5 Å². The largest absolute Gasteiger partial charge is 0.325 e. The molecule has 0 radical (unpaired) electrons. The summed E-state index contributed by atoms with van der Waals surface area (Å²) in [5, 5.41) is 8.68. The Hall–Kier alpha value is -3.10. The average molecular weight is 480 g/mol. The molecular weight excluding hydrogens is 458 g/mol. The lowest BCUT2D eigenvalue weighted by Gasteiger charge is -2.17. The smallest absolute Gasteiger partial charge is 0.284 e. The maximum Gasteiger partial charge on any atom is 0.284 e. The number of nitrogens with one attached hydrogen (secondary N) is 1. The van der Waals surface area contributed by atoms with E-state index in [4.69, 9.17) is 16.6 Å². The second-order valence-electron chi connectivity index (χ2n) is 7.90. The van der Waals surface area contributed by atoms with Crippen molar-refractivity contribution in [2.24, 2.45) is 0 Å². The number of nitrogens with zero attached hydrogens (tertiary/aromatic N) is 4. The molecule has 1 N–H and O–H groups in total. The molecule has 0 spiro atoms. The van der Waals surface area contributed by atoms with Crippen molar-refractivity contribution in [3.8, 4) is 17.1 Å². The predicted octanol–water partition coefficient (Wildman–Crippen LogP) is 4.64. The molecule has 0 atom stereocenters. The molecular formula is C24H22ClN5O2S. The van der Waals surface area contributed by atoms with Gasteiger partial charge in [-0.15, -0.1) is 5.10 Å². The van der Waals surface area contributed by atoms with Crippen molar-refractivity contribution >= 4 is 35.0 Å². The van der Waals surface area contributed by atoms with Crippen LogP contribution in [0.3, 0.4) is 0 Å². The zero-order valence-electron chi connectivity index (χ0n) is 17.8. The van der Waals surface area contributed by atoms with Gasteiger partial charge in [0.2, 0.25) is 5.91 Å². The van der Waals surface area contributed by atoms with Crippen LogP contribution in [0, 0.1) is 0 Å². The van der Waals surface area contributed by atoms with Crippen molar-refractivity contribution in [1.29, 1.82) is 0 Å². The van der Waals surface area contributed by atoms with Gasteiger partial charge in [0.1, 0.15) is 5.56 Å². The standard InChI is InChI=1S/C24H22ClN5O2S/c25-16-8-7-9-17(14-16)26-20(31)15-33-24-27-22-21(19-12-5-2-6-13-29(19)24)23(32)30(28-22)18-10-3-1-4-11-18/h1,3-4,7-11,14H,2,5-6,12-13,15H2,(H,26,31). The number of hydrogen-bond donors (Lipinski definition) is 1. The molecule has 0 aliphatic carbocycles. The normalized spacial score (nSPS) is 13.5. The zero-order valence-corrected chi connectivity index (χ0v) is 19.4. The molecule has 2 aromatic carbocycles. The molecule has 7 nitrogen and oxygen atoms in total. The Morgan fingerprint density at radius 2 is 1.94 bits per heavy atom. The van der Waals surface area contributed by atoms with Crippen LogP contribution in [-0.2, 0) is 17.8 Å². The number of carbonyl (C=O) groups is 1. The first-order valence-electron chi connectivity index (χ1n) is 10.9. The molecule has 33 heavy (non-hydrogen) atoms. The predicted molar refractivity (Wildman–Crippen MR) is 131 cm³/mol. The van der Waals surface area contributed by atoms with Crippen molar-refractivity contribution in [2.75, 3.05) is 11.1 Å². The highest BCUT2D eigenvalue weighted by atomic mass is 35.5. The van der Waals surface area contributed by atoms with E-state index >= 15 is 0 Å². The summed E-state index contributed by atoms with van der Waals surface area (Å²) < 4.78 is 3.52. The number of aromatic nitrogens is 4. The monoisotopic (exact) mass is 479 g/mol. The summed E-state index contributed by atoms with van der Waals surface area (Å²) in [6.45, 7) is 0.770. The summed E-state index contributed by atoms with van der Waals surface area (Å²) in [6, 6.07) is 16.4. The van der Waals surface area contributed by atoms with Crippen LogP contribution in [0.25, 0.3) is 17.1 Å². The van der Waals surface area contributed by atoms with E-state index in [2.05, 4.69) is 15.0 Å². The summed E-state index contributed by atoms with van der Waals surface area (Å²) in [5.74, 6) is 0.467. The van der Waals surface area contributed by atoms with Crippen molar-refractivity contribution < 1.29 is 4.79 Å². The van der Waals surface area contributed by atoms with Gasteiger partial charge in [0.05, 0.1) is 11.4 Å². The van der Waals surface area contributed by atoms with Crippen molar-refractivity contribution in [1.82, 2.24) is 19.3 Å². The van der Waals surface area contributed by atoms with Gasteiger partial charge < -0.3 is 9.88 Å². The first kappa shape index (κ1) is 21.7. The van der Waals surface area contributed by atoms with Gasteiger partial charge in [0.15, 0.2) is 11.0 Å². The number of thioether (sulfide) groups is 1. The van der Waals surface area contributed by atoms with Gasteiger partial charge in [-0.05, 0) is 49.6 Å². The molecule has 0 aromatic heterocycles. The van der Waals surface area contributed by atoms with Gasteiger partial charge >= 0.3 is 0 Å². The van der Waals surface area contributed by atoms with Crippen LogP contribution >= 0.6 is 23.4 Å². The maximum absolute atomic E-state index is 13.3. The summed E-state index contributed by atoms with van der Waals surface area (Å²) >= 11 is 7.36. The molecule has 0 saturated carbocycles. The summed E-state index contributed by atoms with van der Waals surface area (Å²) in [5.41, 5.74) is 2.75. The number of hydrogen-bond acceptors (Lipinski definition) is 5. The van der Waals surface area contributed by atoms with E-state index in [-0.39, 0.29) is 17.2 Å². The highest BCUT2D eigenvalue weighted by Crippen LogP contribution is 2.30. The van der Waals surface area contributed by atoms with Crippen LogP contribution in [0.5, 0.6) is 0 Å². The Bertz CT molecular complexity index is 1330. The Kier molecular flexibility index (Phi) is 6.20. The minimum Gasteiger partial charge on any atom is -0.325 e. The Morgan fingerprint density at radius 3 is 2.76 bits per heavy atom. The molecule has 5 rings (SSSR count). The Labute approximate surface area is 200 Å². The van der Waals surface area contributed by atoms with Crippen LogP contribution in [-0.4, -0.2) is 31.0 Å². The molecule has 1 amide bonds. The second-order valence-corrected chi connectivity index (χ2v) is 9.28. The lowest BCUT2D eigenvalue weighted by Crippen LogP contribution is -2.20. The van der Waals surface area contributed by atoms with E-state index in [1.165, 1.54) is 16.4 Å². The zero-order chi connectivity index (χ0) is 22.8. The second kappa shape index (κ2) is 9.41. The fourth-order valence-electron chi connectivity index (χ4n) is 4.10. The molecule has 168 valence electrons. The molecule has 2 aromatic rings. The van der Waals surface area contributed by atoms with Gasteiger partial charge in [-0.3, -0.25) is 9.59 Å². The molecule has 3 heterocycles. The van der Waals surface area contributed by atoms with Gasteiger partial charge in [-0.1, -0.05) is 54.0 Å². The third-order valence-corrected chi connectivity index (χ3v) is 6.82. The fraction of sp³-hybridized carbons (Fsp3) is 0.250. The first-order valence-corrected chi connectivity index (χ1v) is 12.2. The van der Waals surface area contributed by atoms with Crippen LogP contribution in [0.4, 0.5) is 5.69 Å². The SMILES string of the molecule is O=C(CSc1nc2nn(-c3ccccc3)c(=O)c-2c2n1CCCCC2)Nc1cccc(Cl)c1. The molecule has 9 heteroatoms. The molecule has 0 saturated heterocycles. The average Bonchev–Trinajstić information content (AvgIpc) is 2.97. The third-order valence-electron chi connectivity index (χ3n) is 5.61. The minimum absolute atomic E-state index is 0.147. The van der Waals surface area contributed by atoms with Crippen LogP contribution in [0.2, 0.25) is 5.02 Å². The Balaban J connectivity index is 1.48. The number of carbonyl (C=O) groups excluding carboxylic acids is 1. The maximum atomic E-state index is 13.3. The number of amides is 1. The molecule has 3 aliphatic heterocycles. The van der Waals surface area contributed by atoms with Gasteiger partial charge in [0, 0.05) is 22.9 Å². The van der Waals surface area contributed by atoms with E-state index < -0.39 is 0 Å². The highest BCUT2D eigenvalue weighted by Gasteiger charge is 2.27. The van der Waals surface area contributed by atoms with E-state index in [1.807, 2.05) is 30.3 Å². The highest BCUT2D eigenvalue weighted by molar-refractivity contribution is 7.99. The molecule has 0 fully saturated rings. The summed E-state index contributed by atoms with van der Waals surface area (Å²) in [7, 11) is 0. The lowest BCUT2D eigenvalue weighted by atomic mass is 10.1. The number of halogens is 1.